The smallest absolute Gasteiger partial charge is 0.0693 e. The summed E-state index contributed by atoms with van der Waals surface area (Å²) < 4.78 is 5.39. The van der Waals surface area contributed by atoms with Crippen LogP contribution >= 0.6 is 0 Å². The number of ether oxygens (including phenoxy) is 1. The highest BCUT2D eigenvalue weighted by atomic mass is 16.5. The number of benzene rings is 1. The maximum atomic E-state index is 5.39. The standard InChI is InChI=1S/C17H30N2O/c1-6-19(7-2)17(16-11-9-8-10-12-16)13-18-14(3)15(4)20-5/h8-12,14-15,17-18H,6-7,13H2,1-5H3. The minimum Gasteiger partial charge on any atom is -0.380 e. The minimum atomic E-state index is 0.225. The lowest BCUT2D eigenvalue weighted by atomic mass is 10.0. The SMILES string of the molecule is CCN(CC)C(CNC(C)C(C)OC)c1ccccc1. The third kappa shape index (κ3) is 4.89. The average Bonchev–Trinajstić information content (AvgIpc) is 2.51. The number of hydrogen-bond donors (Lipinski definition) is 1. The van der Waals surface area contributed by atoms with Crippen molar-refractivity contribution in [3.63, 3.8) is 0 Å². The normalized spacial score (nSPS) is 16.1. The summed E-state index contributed by atoms with van der Waals surface area (Å²) >= 11 is 0. The van der Waals surface area contributed by atoms with Gasteiger partial charge in [0, 0.05) is 25.7 Å². The van der Waals surface area contributed by atoms with Crippen LogP contribution in [0.25, 0.3) is 0 Å². The molecule has 0 aliphatic heterocycles. The van der Waals surface area contributed by atoms with Crippen molar-refractivity contribution in [3.8, 4) is 0 Å². The molecule has 0 fully saturated rings. The summed E-state index contributed by atoms with van der Waals surface area (Å²) in [4.78, 5) is 2.49. The Morgan fingerprint density at radius 3 is 2.20 bits per heavy atom. The van der Waals surface area contributed by atoms with Crippen molar-refractivity contribution in [2.24, 2.45) is 0 Å². The van der Waals surface area contributed by atoms with Crippen LogP contribution < -0.4 is 5.32 Å². The zero-order valence-corrected chi connectivity index (χ0v) is 13.6. The van der Waals surface area contributed by atoms with Gasteiger partial charge in [-0.15, -0.1) is 0 Å². The number of hydrogen-bond acceptors (Lipinski definition) is 3. The van der Waals surface area contributed by atoms with Crippen LogP contribution in [0.5, 0.6) is 0 Å². The quantitative estimate of drug-likeness (QED) is 0.751. The van der Waals surface area contributed by atoms with E-state index in [0.29, 0.717) is 12.1 Å². The molecular formula is C17H30N2O. The second-order valence-electron chi connectivity index (χ2n) is 5.29. The van der Waals surface area contributed by atoms with Gasteiger partial charge in [-0.3, -0.25) is 4.90 Å². The van der Waals surface area contributed by atoms with Gasteiger partial charge in [-0.2, -0.15) is 0 Å². The molecule has 3 unspecified atom stereocenters. The lowest BCUT2D eigenvalue weighted by Crippen LogP contribution is -2.43. The monoisotopic (exact) mass is 278 g/mol. The maximum absolute atomic E-state index is 5.39. The van der Waals surface area contributed by atoms with Gasteiger partial charge in [0.05, 0.1) is 6.10 Å². The summed E-state index contributed by atoms with van der Waals surface area (Å²) in [7, 11) is 1.77. The molecule has 3 nitrogen and oxygen atoms in total. The molecule has 1 N–H and O–H groups in total. The maximum Gasteiger partial charge on any atom is 0.0693 e. The lowest BCUT2D eigenvalue weighted by molar-refractivity contribution is 0.0844. The molecule has 1 aromatic rings. The predicted molar refractivity (Wildman–Crippen MR) is 86.0 cm³/mol. The molecule has 0 saturated carbocycles. The Morgan fingerprint density at radius 2 is 1.70 bits per heavy atom. The molecule has 0 radical (unpaired) electrons. The molecule has 0 bridgehead atoms. The number of nitrogens with zero attached hydrogens (tertiary/aromatic N) is 1. The van der Waals surface area contributed by atoms with Crippen molar-refractivity contribution in [1.29, 1.82) is 0 Å². The highest BCUT2D eigenvalue weighted by Gasteiger charge is 2.19. The van der Waals surface area contributed by atoms with Crippen LogP contribution in [0.15, 0.2) is 30.3 Å². The summed E-state index contributed by atoms with van der Waals surface area (Å²) in [5.41, 5.74) is 1.38. The molecule has 0 aliphatic rings. The molecular weight excluding hydrogens is 248 g/mol. The molecule has 1 aromatic carbocycles. The predicted octanol–water partition coefficient (Wildman–Crippen LogP) is 3.08. The van der Waals surface area contributed by atoms with Gasteiger partial charge in [-0.25, -0.2) is 0 Å². The van der Waals surface area contributed by atoms with Crippen LogP contribution in [0.3, 0.4) is 0 Å². The van der Waals surface area contributed by atoms with Gasteiger partial charge in [0.2, 0.25) is 0 Å². The highest BCUT2D eigenvalue weighted by Crippen LogP contribution is 2.19. The lowest BCUT2D eigenvalue weighted by Gasteiger charge is -2.32. The second-order valence-corrected chi connectivity index (χ2v) is 5.29. The van der Waals surface area contributed by atoms with Gasteiger partial charge in [-0.05, 0) is 32.5 Å². The van der Waals surface area contributed by atoms with E-state index < -0.39 is 0 Å². The Hall–Kier alpha value is -0.900. The fourth-order valence-electron chi connectivity index (χ4n) is 2.46. The fourth-order valence-corrected chi connectivity index (χ4v) is 2.46. The Kier molecular flexibility index (Phi) is 7.82. The van der Waals surface area contributed by atoms with Crippen LogP contribution in [-0.4, -0.2) is 43.8 Å². The van der Waals surface area contributed by atoms with Crippen LogP contribution in [0.1, 0.15) is 39.3 Å². The van der Waals surface area contributed by atoms with E-state index in [1.54, 1.807) is 7.11 Å². The molecule has 0 spiro atoms. The Morgan fingerprint density at radius 1 is 1.10 bits per heavy atom. The summed E-state index contributed by atoms with van der Waals surface area (Å²) in [5.74, 6) is 0. The van der Waals surface area contributed by atoms with Gasteiger partial charge in [-0.1, -0.05) is 44.2 Å². The molecule has 20 heavy (non-hydrogen) atoms. The molecule has 1 rings (SSSR count). The van der Waals surface area contributed by atoms with E-state index in [1.165, 1.54) is 5.56 Å². The van der Waals surface area contributed by atoms with E-state index >= 15 is 0 Å². The molecule has 0 saturated heterocycles. The first-order valence-electron chi connectivity index (χ1n) is 7.69. The molecule has 0 aliphatic carbocycles. The molecule has 0 heterocycles. The van der Waals surface area contributed by atoms with Gasteiger partial charge < -0.3 is 10.1 Å². The Bertz CT molecular complexity index is 351. The number of nitrogens with one attached hydrogen (secondary N) is 1. The van der Waals surface area contributed by atoms with Crippen LogP contribution in [0.2, 0.25) is 0 Å². The van der Waals surface area contributed by atoms with Crippen molar-refractivity contribution in [2.45, 2.75) is 45.9 Å². The van der Waals surface area contributed by atoms with E-state index in [0.717, 1.165) is 19.6 Å². The minimum absolute atomic E-state index is 0.225. The Labute approximate surface area is 124 Å². The molecule has 3 atom stereocenters. The van der Waals surface area contributed by atoms with Crippen molar-refractivity contribution in [2.75, 3.05) is 26.7 Å². The molecule has 3 heteroatoms. The van der Waals surface area contributed by atoms with E-state index in [1.807, 2.05) is 0 Å². The van der Waals surface area contributed by atoms with Crippen molar-refractivity contribution in [3.05, 3.63) is 35.9 Å². The topological polar surface area (TPSA) is 24.5 Å². The summed E-state index contributed by atoms with van der Waals surface area (Å²) in [6.07, 6.45) is 0.225. The van der Waals surface area contributed by atoms with Crippen LogP contribution in [0.4, 0.5) is 0 Å². The number of rotatable bonds is 9. The van der Waals surface area contributed by atoms with Gasteiger partial charge >= 0.3 is 0 Å². The van der Waals surface area contributed by atoms with E-state index in [4.69, 9.17) is 4.74 Å². The molecule has 114 valence electrons. The first kappa shape index (κ1) is 17.2. The summed E-state index contributed by atoms with van der Waals surface area (Å²) in [6, 6.07) is 11.5. The van der Waals surface area contributed by atoms with Gasteiger partial charge in [0.25, 0.3) is 0 Å². The van der Waals surface area contributed by atoms with E-state index in [-0.39, 0.29) is 6.10 Å². The zero-order chi connectivity index (χ0) is 15.0. The largest absolute Gasteiger partial charge is 0.380 e. The highest BCUT2D eigenvalue weighted by molar-refractivity contribution is 5.19. The first-order valence-corrected chi connectivity index (χ1v) is 7.69. The second kappa shape index (κ2) is 9.11. The fraction of sp³-hybridized carbons (Fsp3) is 0.647. The Balaban J connectivity index is 2.74. The van der Waals surface area contributed by atoms with Crippen molar-refractivity contribution < 1.29 is 4.74 Å². The summed E-state index contributed by atoms with van der Waals surface area (Å²) in [6.45, 7) is 11.8. The number of methoxy groups -OCH3 is 1. The zero-order valence-electron chi connectivity index (χ0n) is 13.6. The van der Waals surface area contributed by atoms with Crippen LogP contribution in [0, 0.1) is 0 Å². The van der Waals surface area contributed by atoms with Crippen LogP contribution in [-0.2, 0) is 4.74 Å². The average molecular weight is 278 g/mol. The van der Waals surface area contributed by atoms with Gasteiger partial charge in [0.1, 0.15) is 0 Å². The van der Waals surface area contributed by atoms with E-state index in [9.17, 15) is 0 Å². The molecule has 0 amide bonds. The summed E-state index contributed by atoms with van der Waals surface area (Å²) in [5, 5.41) is 3.61. The molecule has 0 aromatic heterocycles. The van der Waals surface area contributed by atoms with Crippen molar-refractivity contribution in [1.82, 2.24) is 10.2 Å². The first-order chi connectivity index (χ1) is 9.63. The van der Waals surface area contributed by atoms with Gasteiger partial charge in [0.15, 0.2) is 0 Å². The van der Waals surface area contributed by atoms with E-state index in [2.05, 4.69) is 68.2 Å². The number of likely N-dealkylation sites (N-methyl/N-ethyl adjacent to an activating group) is 1. The third-order valence-corrected chi connectivity index (χ3v) is 4.15. The van der Waals surface area contributed by atoms with Crippen molar-refractivity contribution >= 4 is 0 Å². The third-order valence-electron chi connectivity index (χ3n) is 4.15.